The number of hydrogen-bond donors (Lipinski definition) is 2. The number of nitrogens with zero attached hydrogens (tertiary/aromatic N) is 3. The Balaban J connectivity index is 1.89. The molecule has 2 N–H and O–H groups in total. The third-order valence-corrected chi connectivity index (χ3v) is 4.36. The fourth-order valence-corrected chi connectivity index (χ4v) is 2.88. The van der Waals surface area contributed by atoms with Gasteiger partial charge in [-0.05, 0) is 13.0 Å². The van der Waals surface area contributed by atoms with Crippen LogP contribution in [0.5, 0.6) is 11.5 Å². The van der Waals surface area contributed by atoms with Crippen LogP contribution in [0.2, 0.25) is 5.02 Å². The fourth-order valence-electron chi connectivity index (χ4n) is 2.68. The third-order valence-electron chi connectivity index (χ3n) is 4.04. The Labute approximate surface area is 177 Å². The van der Waals surface area contributed by atoms with E-state index in [-0.39, 0.29) is 17.2 Å². The largest absolute Gasteiger partial charge is 0.493 e. The van der Waals surface area contributed by atoms with Crippen molar-refractivity contribution < 1.29 is 9.47 Å². The number of rotatable bonds is 7. The lowest BCUT2D eigenvalue weighted by Gasteiger charge is -2.11. The lowest BCUT2D eigenvalue weighted by atomic mass is 10.1. The molecule has 1 heterocycles. The minimum Gasteiger partial charge on any atom is -0.493 e. The minimum atomic E-state index is -0.565. The SMILES string of the molecule is CCOc1cc(Cl)c(C=NNc2nc(-c3ccccc3)c(C#N)c(=O)[nH]2)cc1OC. The number of H-pyrrole nitrogens is 1. The molecule has 0 spiro atoms. The molecule has 152 valence electrons. The summed E-state index contributed by atoms with van der Waals surface area (Å²) in [5.41, 5.74) is 3.51. The first-order valence-corrected chi connectivity index (χ1v) is 9.34. The lowest BCUT2D eigenvalue weighted by molar-refractivity contribution is 0.311. The quantitative estimate of drug-likeness (QED) is 0.441. The van der Waals surface area contributed by atoms with E-state index in [9.17, 15) is 10.1 Å². The van der Waals surface area contributed by atoms with Gasteiger partial charge in [-0.2, -0.15) is 10.4 Å². The summed E-state index contributed by atoms with van der Waals surface area (Å²) in [6.07, 6.45) is 1.46. The molecule has 0 aliphatic rings. The summed E-state index contributed by atoms with van der Waals surface area (Å²) >= 11 is 6.28. The number of ether oxygens (including phenoxy) is 2. The van der Waals surface area contributed by atoms with E-state index < -0.39 is 5.56 Å². The predicted molar refractivity (Wildman–Crippen MR) is 115 cm³/mol. The van der Waals surface area contributed by atoms with Crippen LogP contribution in [0.1, 0.15) is 18.1 Å². The highest BCUT2D eigenvalue weighted by molar-refractivity contribution is 6.33. The van der Waals surface area contributed by atoms with Gasteiger partial charge in [0.2, 0.25) is 5.95 Å². The van der Waals surface area contributed by atoms with E-state index in [1.807, 2.05) is 19.1 Å². The van der Waals surface area contributed by atoms with Gasteiger partial charge >= 0.3 is 0 Å². The maximum absolute atomic E-state index is 12.3. The maximum atomic E-state index is 12.3. The third kappa shape index (κ3) is 4.59. The molecule has 3 aromatic rings. The Morgan fingerprint density at radius 2 is 2.07 bits per heavy atom. The average Bonchev–Trinajstić information content (AvgIpc) is 2.75. The molecule has 0 unspecified atom stereocenters. The van der Waals surface area contributed by atoms with Crippen LogP contribution >= 0.6 is 11.6 Å². The van der Waals surface area contributed by atoms with Crippen LogP contribution in [0.3, 0.4) is 0 Å². The monoisotopic (exact) mass is 423 g/mol. The second kappa shape index (κ2) is 9.58. The molecule has 8 nitrogen and oxygen atoms in total. The van der Waals surface area contributed by atoms with Crippen molar-refractivity contribution in [1.29, 1.82) is 5.26 Å². The predicted octanol–water partition coefficient (Wildman–Crippen LogP) is 3.82. The summed E-state index contributed by atoms with van der Waals surface area (Å²) in [5.74, 6) is 1.13. The molecule has 0 bridgehead atoms. The van der Waals surface area contributed by atoms with Gasteiger partial charge in [0.15, 0.2) is 11.5 Å². The van der Waals surface area contributed by atoms with E-state index >= 15 is 0 Å². The Morgan fingerprint density at radius 1 is 1.30 bits per heavy atom. The van der Waals surface area contributed by atoms with Crippen molar-refractivity contribution in [3.8, 4) is 28.8 Å². The summed E-state index contributed by atoms with van der Waals surface area (Å²) in [6.45, 7) is 2.34. The normalized spacial score (nSPS) is 10.6. The topological polar surface area (TPSA) is 112 Å². The van der Waals surface area contributed by atoms with Crippen molar-refractivity contribution in [3.05, 3.63) is 69.0 Å². The van der Waals surface area contributed by atoms with Crippen LogP contribution in [-0.4, -0.2) is 29.9 Å². The van der Waals surface area contributed by atoms with Crippen LogP contribution in [0.25, 0.3) is 11.3 Å². The van der Waals surface area contributed by atoms with Crippen molar-refractivity contribution in [2.75, 3.05) is 19.1 Å². The number of hydrogen-bond acceptors (Lipinski definition) is 7. The number of nitrogens with one attached hydrogen (secondary N) is 2. The molecule has 0 saturated carbocycles. The van der Waals surface area contributed by atoms with Gasteiger partial charge in [-0.25, -0.2) is 10.4 Å². The smallest absolute Gasteiger partial charge is 0.270 e. The Hall–Kier alpha value is -3.83. The van der Waals surface area contributed by atoms with Gasteiger partial charge in [0.1, 0.15) is 11.6 Å². The molecule has 0 radical (unpaired) electrons. The summed E-state index contributed by atoms with van der Waals surface area (Å²) in [6, 6.07) is 14.2. The molecule has 0 amide bonds. The Kier molecular flexibility index (Phi) is 6.67. The number of methoxy groups -OCH3 is 1. The first kappa shape index (κ1) is 20.9. The second-order valence-corrected chi connectivity index (χ2v) is 6.35. The molecular formula is C21H18ClN5O3. The number of halogens is 1. The van der Waals surface area contributed by atoms with E-state index in [4.69, 9.17) is 21.1 Å². The van der Waals surface area contributed by atoms with Crippen LogP contribution < -0.4 is 20.5 Å². The summed E-state index contributed by atoms with van der Waals surface area (Å²) in [7, 11) is 1.53. The van der Waals surface area contributed by atoms with E-state index in [0.29, 0.717) is 34.3 Å². The molecule has 30 heavy (non-hydrogen) atoms. The zero-order valence-electron chi connectivity index (χ0n) is 16.3. The van der Waals surface area contributed by atoms with Crippen molar-refractivity contribution in [2.45, 2.75) is 6.92 Å². The maximum Gasteiger partial charge on any atom is 0.270 e. The van der Waals surface area contributed by atoms with Crippen LogP contribution in [0.4, 0.5) is 5.95 Å². The van der Waals surface area contributed by atoms with Gasteiger partial charge in [-0.3, -0.25) is 9.78 Å². The number of aromatic nitrogens is 2. The highest BCUT2D eigenvalue weighted by Gasteiger charge is 2.13. The molecule has 0 aliphatic heterocycles. The van der Waals surface area contributed by atoms with Crippen molar-refractivity contribution >= 4 is 23.8 Å². The van der Waals surface area contributed by atoms with Gasteiger partial charge in [-0.1, -0.05) is 41.9 Å². The molecule has 0 saturated heterocycles. The van der Waals surface area contributed by atoms with Gasteiger partial charge in [0, 0.05) is 17.2 Å². The lowest BCUT2D eigenvalue weighted by Crippen LogP contribution is -2.16. The molecule has 0 aliphatic carbocycles. The highest BCUT2D eigenvalue weighted by Crippen LogP contribution is 2.32. The molecule has 9 heteroatoms. The Bertz CT molecular complexity index is 1170. The van der Waals surface area contributed by atoms with E-state index in [1.54, 1.807) is 36.4 Å². The number of anilines is 1. The van der Waals surface area contributed by atoms with Crippen LogP contribution in [0.15, 0.2) is 52.4 Å². The van der Waals surface area contributed by atoms with E-state index in [2.05, 4.69) is 20.5 Å². The number of nitriles is 1. The molecule has 1 aromatic heterocycles. The van der Waals surface area contributed by atoms with Gasteiger partial charge < -0.3 is 9.47 Å². The molecule has 0 fully saturated rings. The fraction of sp³-hybridized carbons (Fsp3) is 0.143. The minimum absolute atomic E-state index is 0.0741. The number of aromatic amines is 1. The van der Waals surface area contributed by atoms with Gasteiger partial charge in [0.25, 0.3) is 5.56 Å². The standard InChI is InChI=1S/C21H18ClN5O3/c1-3-30-18-10-16(22)14(9-17(18)29-2)12-24-27-21-25-19(13-7-5-4-6-8-13)15(11-23)20(28)26-21/h4-10,12H,3H2,1-2H3,(H2,25,26,27,28). The van der Waals surface area contributed by atoms with E-state index in [0.717, 1.165) is 0 Å². The van der Waals surface area contributed by atoms with Crippen molar-refractivity contribution in [3.63, 3.8) is 0 Å². The molecule has 0 atom stereocenters. The molecular weight excluding hydrogens is 406 g/mol. The summed E-state index contributed by atoms with van der Waals surface area (Å²) < 4.78 is 10.8. The first-order valence-electron chi connectivity index (χ1n) is 8.96. The van der Waals surface area contributed by atoms with Gasteiger partial charge in [0.05, 0.1) is 30.6 Å². The zero-order chi connectivity index (χ0) is 21.5. The summed E-state index contributed by atoms with van der Waals surface area (Å²) in [4.78, 5) is 19.1. The average molecular weight is 424 g/mol. The van der Waals surface area contributed by atoms with Gasteiger partial charge in [-0.15, -0.1) is 0 Å². The molecule has 2 aromatic carbocycles. The zero-order valence-corrected chi connectivity index (χ0v) is 17.0. The van der Waals surface area contributed by atoms with Crippen molar-refractivity contribution in [2.24, 2.45) is 5.10 Å². The number of hydrazone groups is 1. The molecule has 3 rings (SSSR count). The highest BCUT2D eigenvalue weighted by atomic mass is 35.5. The second-order valence-electron chi connectivity index (χ2n) is 5.94. The number of benzene rings is 2. The van der Waals surface area contributed by atoms with Crippen LogP contribution in [-0.2, 0) is 0 Å². The Morgan fingerprint density at radius 3 is 2.73 bits per heavy atom. The van der Waals surface area contributed by atoms with Crippen LogP contribution in [0, 0.1) is 11.3 Å². The van der Waals surface area contributed by atoms with Crippen molar-refractivity contribution in [1.82, 2.24) is 9.97 Å². The summed E-state index contributed by atoms with van der Waals surface area (Å²) in [5, 5.41) is 13.8. The first-order chi connectivity index (χ1) is 14.6. The van der Waals surface area contributed by atoms with E-state index in [1.165, 1.54) is 13.3 Å².